The van der Waals surface area contributed by atoms with E-state index in [0.717, 1.165) is 0 Å². The normalized spacial score (nSPS) is 20.1. The summed E-state index contributed by atoms with van der Waals surface area (Å²) in [4.78, 5) is 11.9. The first-order valence-corrected chi connectivity index (χ1v) is 8.35. The molecule has 1 aromatic carbocycles. The van der Waals surface area contributed by atoms with Crippen molar-refractivity contribution in [1.82, 2.24) is 4.31 Å². The van der Waals surface area contributed by atoms with Crippen LogP contribution in [0.15, 0.2) is 29.2 Å². The van der Waals surface area contributed by atoms with E-state index in [0.29, 0.717) is 26.0 Å². The van der Waals surface area contributed by atoms with Gasteiger partial charge in [-0.2, -0.15) is 4.31 Å². The number of phenols is 1. The molecule has 116 valence electrons. The largest absolute Gasteiger partial charge is 0.508 e. The molecule has 0 aromatic heterocycles. The van der Waals surface area contributed by atoms with Crippen molar-refractivity contribution in [3.05, 3.63) is 24.3 Å². The Balaban J connectivity index is 2.16. The van der Waals surface area contributed by atoms with Gasteiger partial charge in [0, 0.05) is 13.1 Å². The van der Waals surface area contributed by atoms with Crippen LogP contribution in [0.3, 0.4) is 0 Å². The second-order valence-corrected chi connectivity index (χ2v) is 6.89. The van der Waals surface area contributed by atoms with Crippen LogP contribution < -0.4 is 0 Å². The van der Waals surface area contributed by atoms with Gasteiger partial charge in [0.2, 0.25) is 10.0 Å². The van der Waals surface area contributed by atoms with E-state index in [1.54, 1.807) is 6.92 Å². The first-order valence-electron chi connectivity index (χ1n) is 6.91. The highest BCUT2D eigenvalue weighted by atomic mass is 32.2. The number of rotatable bonds is 4. The van der Waals surface area contributed by atoms with Crippen LogP contribution in [-0.2, 0) is 19.6 Å². The molecule has 0 bridgehead atoms. The van der Waals surface area contributed by atoms with E-state index in [-0.39, 0.29) is 23.2 Å². The molecule has 1 N–H and O–H groups in total. The molecule has 1 aromatic rings. The summed E-state index contributed by atoms with van der Waals surface area (Å²) in [5.74, 6) is -0.745. The van der Waals surface area contributed by atoms with Gasteiger partial charge in [-0.3, -0.25) is 4.79 Å². The van der Waals surface area contributed by atoms with Gasteiger partial charge in [0.15, 0.2) is 0 Å². The summed E-state index contributed by atoms with van der Waals surface area (Å²) in [6.45, 7) is 2.55. The summed E-state index contributed by atoms with van der Waals surface area (Å²) >= 11 is 0. The first-order chi connectivity index (χ1) is 9.95. The van der Waals surface area contributed by atoms with E-state index in [1.807, 2.05) is 0 Å². The van der Waals surface area contributed by atoms with Gasteiger partial charge in [-0.15, -0.1) is 0 Å². The minimum absolute atomic E-state index is 0.0111. The fourth-order valence-electron chi connectivity index (χ4n) is 2.38. The van der Waals surface area contributed by atoms with Gasteiger partial charge in [-0.25, -0.2) is 8.42 Å². The summed E-state index contributed by atoms with van der Waals surface area (Å²) < 4.78 is 31.3. The van der Waals surface area contributed by atoms with Gasteiger partial charge in [0.1, 0.15) is 5.75 Å². The number of esters is 1. The van der Waals surface area contributed by atoms with Crippen molar-refractivity contribution in [2.75, 3.05) is 19.7 Å². The molecule has 1 atom stereocenters. The predicted octanol–water partition coefficient (Wildman–Crippen LogP) is 1.36. The molecular weight excluding hydrogens is 294 g/mol. The Bertz CT molecular complexity index is 596. The van der Waals surface area contributed by atoms with Crippen LogP contribution >= 0.6 is 0 Å². The van der Waals surface area contributed by atoms with Crippen molar-refractivity contribution in [2.45, 2.75) is 24.7 Å². The lowest BCUT2D eigenvalue weighted by molar-refractivity contribution is -0.149. The minimum atomic E-state index is -3.65. The number of carbonyl (C=O) groups excluding carboxylic acids is 1. The summed E-state index contributed by atoms with van der Waals surface area (Å²) in [6.07, 6.45) is 1.27. The Morgan fingerprint density at radius 2 is 2.05 bits per heavy atom. The Hall–Kier alpha value is -1.60. The number of hydrogen-bond acceptors (Lipinski definition) is 5. The fraction of sp³-hybridized carbons (Fsp3) is 0.500. The van der Waals surface area contributed by atoms with Crippen molar-refractivity contribution >= 4 is 16.0 Å². The lowest BCUT2D eigenvalue weighted by Gasteiger charge is -2.30. The SMILES string of the molecule is CCOC(=O)C1CCCN(S(=O)(=O)c2ccc(O)cc2)C1. The number of piperidine rings is 1. The van der Waals surface area contributed by atoms with Crippen LogP contribution in [0.5, 0.6) is 5.75 Å². The zero-order valence-corrected chi connectivity index (χ0v) is 12.7. The lowest BCUT2D eigenvalue weighted by Crippen LogP contribution is -2.42. The lowest BCUT2D eigenvalue weighted by atomic mass is 10.0. The number of hydrogen-bond donors (Lipinski definition) is 1. The predicted molar refractivity (Wildman–Crippen MR) is 76.2 cm³/mol. The second kappa shape index (κ2) is 6.44. The van der Waals surface area contributed by atoms with Gasteiger partial charge >= 0.3 is 5.97 Å². The van der Waals surface area contributed by atoms with E-state index < -0.39 is 15.9 Å². The van der Waals surface area contributed by atoms with Crippen molar-refractivity contribution in [3.63, 3.8) is 0 Å². The Morgan fingerprint density at radius 1 is 1.38 bits per heavy atom. The maximum atomic E-state index is 12.5. The monoisotopic (exact) mass is 313 g/mol. The van der Waals surface area contributed by atoms with Crippen molar-refractivity contribution in [1.29, 1.82) is 0 Å². The molecule has 1 aliphatic rings. The van der Waals surface area contributed by atoms with E-state index in [9.17, 15) is 18.3 Å². The molecular formula is C14H19NO5S. The first kappa shape index (κ1) is 15.8. The van der Waals surface area contributed by atoms with Gasteiger partial charge in [-0.05, 0) is 44.0 Å². The van der Waals surface area contributed by atoms with Crippen molar-refractivity contribution in [3.8, 4) is 5.75 Å². The zero-order chi connectivity index (χ0) is 15.5. The highest BCUT2D eigenvalue weighted by Crippen LogP contribution is 2.25. The number of aromatic hydroxyl groups is 1. The third-order valence-electron chi connectivity index (χ3n) is 3.48. The third-order valence-corrected chi connectivity index (χ3v) is 5.36. The Kier molecular flexibility index (Phi) is 4.84. The van der Waals surface area contributed by atoms with E-state index in [2.05, 4.69) is 0 Å². The van der Waals surface area contributed by atoms with E-state index in [4.69, 9.17) is 4.74 Å². The molecule has 0 radical (unpaired) electrons. The standard InChI is InChI=1S/C14H19NO5S/c1-2-20-14(17)11-4-3-9-15(10-11)21(18,19)13-7-5-12(16)6-8-13/h5-8,11,16H,2-4,9-10H2,1H3. The highest BCUT2D eigenvalue weighted by Gasteiger charge is 2.33. The van der Waals surface area contributed by atoms with E-state index in [1.165, 1.54) is 28.6 Å². The van der Waals surface area contributed by atoms with Gasteiger partial charge < -0.3 is 9.84 Å². The average molecular weight is 313 g/mol. The average Bonchev–Trinajstić information content (AvgIpc) is 2.48. The van der Waals surface area contributed by atoms with Gasteiger partial charge in [-0.1, -0.05) is 0 Å². The minimum Gasteiger partial charge on any atom is -0.508 e. The van der Waals surface area contributed by atoms with Crippen LogP contribution in [0, 0.1) is 5.92 Å². The number of nitrogens with zero attached hydrogens (tertiary/aromatic N) is 1. The summed E-state index contributed by atoms with van der Waals surface area (Å²) in [7, 11) is -3.65. The summed E-state index contributed by atoms with van der Waals surface area (Å²) in [5.41, 5.74) is 0. The summed E-state index contributed by atoms with van der Waals surface area (Å²) in [5, 5.41) is 9.24. The topological polar surface area (TPSA) is 83.9 Å². The van der Waals surface area contributed by atoms with Crippen LogP contribution in [0.4, 0.5) is 0 Å². The van der Waals surface area contributed by atoms with Crippen LogP contribution in [0.1, 0.15) is 19.8 Å². The molecule has 1 aliphatic heterocycles. The molecule has 0 amide bonds. The molecule has 1 fully saturated rings. The Morgan fingerprint density at radius 3 is 2.67 bits per heavy atom. The molecule has 0 saturated carbocycles. The fourth-order valence-corrected chi connectivity index (χ4v) is 3.90. The third kappa shape index (κ3) is 3.54. The molecule has 6 nitrogen and oxygen atoms in total. The molecule has 2 rings (SSSR count). The van der Waals surface area contributed by atoms with E-state index >= 15 is 0 Å². The molecule has 0 spiro atoms. The quantitative estimate of drug-likeness (QED) is 0.848. The smallest absolute Gasteiger partial charge is 0.310 e. The number of benzene rings is 1. The number of phenolic OH excluding ortho intramolecular Hbond substituents is 1. The van der Waals surface area contributed by atoms with Gasteiger partial charge in [0.25, 0.3) is 0 Å². The maximum absolute atomic E-state index is 12.5. The molecule has 1 heterocycles. The molecule has 1 saturated heterocycles. The highest BCUT2D eigenvalue weighted by molar-refractivity contribution is 7.89. The molecule has 0 aliphatic carbocycles. The zero-order valence-electron chi connectivity index (χ0n) is 11.9. The van der Waals surface area contributed by atoms with Crippen LogP contribution in [0.25, 0.3) is 0 Å². The number of carbonyl (C=O) groups is 1. The van der Waals surface area contributed by atoms with Gasteiger partial charge in [0.05, 0.1) is 17.4 Å². The summed E-state index contributed by atoms with van der Waals surface area (Å²) in [6, 6.07) is 5.39. The van der Waals surface area contributed by atoms with Crippen LogP contribution in [-0.4, -0.2) is 43.5 Å². The number of sulfonamides is 1. The van der Waals surface area contributed by atoms with Crippen molar-refractivity contribution < 1.29 is 23.1 Å². The molecule has 21 heavy (non-hydrogen) atoms. The van der Waals surface area contributed by atoms with Crippen molar-refractivity contribution in [2.24, 2.45) is 5.92 Å². The van der Waals surface area contributed by atoms with Crippen LogP contribution in [0.2, 0.25) is 0 Å². The molecule has 1 unspecified atom stereocenters. The maximum Gasteiger partial charge on any atom is 0.310 e. The number of ether oxygens (including phenoxy) is 1. The molecule has 7 heteroatoms. The second-order valence-electron chi connectivity index (χ2n) is 4.95. The Labute approximate surface area is 124 Å².